The fraction of sp³-hybridized carbons (Fsp3) is 0.900. The van der Waals surface area contributed by atoms with Crippen molar-refractivity contribution in [1.82, 2.24) is 0 Å². The SMILES string of the molecule is CCCCCCCCCC(=O)[O-].CCCCCCCCCC(=O)[O-].CCCCCCCCCC(=O)[O-].[Cr+3]. The summed E-state index contributed by atoms with van der Waals surface area (Å²) in [5.41, 5.74) is 0. The van der Waals surface area contributed by atoms with Crippen molar-refractivity contribution < 1.29 is 47.1 Å². The number of unbranched alkanes of at least 4 members (excludes halogenated alkanes) is 18. The van der Waals surface area contributed by atoms with Crippen molar-refractivity contribution in [3.05, 3.63) is 0 Å². The Bertz CT molecular complexity index is 404. The van der Waals surface area contributed by atoms with E-state index in [2.05, 4.69) is 20.8 Å². The van der Waals surface area contributed by atoms with Crippen molar-refractivity contribution in [2.24, 2.45) is 0 Å². The third-order valence-corrected chi connectivity index (χ3v) is 5.95. The molecule has 0 amide bonds. The summed E-state index contributed by atoms with van der Waals surface area (Å²) in [6.45, 7) is 6.57. The molecule has 0 unspecified atom stereocenters. The van der Waals surface area contributed by atoms with Crippen LogP contribution in [0.2, 0.25) is 0 Å². The third kappa shape index (κ3) is 56.3. The molecule has 0 bridgehead atoms. The van der Waals surface area contributed by atoms with Crippen LogP contribution in [0.15, 0.2) is 0 Å². The van der Waals surface area contributed by atoms with Crippen molar-refractivity contribution in [3.63, 3.8) is 0 Å². The molecule has 219 valence electrons. The summed E-state index contributed by atoms with van der Waals surface area (Å²) in [5.74, 6) is -2.74. The first-order valence-electron chi connectivity index (χ1n) is 14.9. The summed E-state index contributed by atoms with van der Waals surface area (Å²) < 4.78 is 0. The first kappa shape index (κ1) is 43.0. The maximum absolute atomic E-state index is 10.0. The molecule has 0 fully saturated rings. The zero-order chi connectivity index (χ0) is 27.7. The van der Waals surface area contributed by atoms with Gasteiger partial charge in [0.05, 0.1) is 0 Å². The monoisotopic (exact) mass is 565 g/mol. The summed E-state index contributed by atoms with van der Waals surface area (Å²) in [5, 5.41) is 30.1. The predicted molar refractivity (Wildman–Crippen MR) is 143 cm³/mol. The van der Waals surface area contributed by atoms with Gasteiger partial charge in [-0.05, 0) is 38.5 Å². The van der Waals surface area contributed by atoms with Gasteiger partial charge in [0, 0.05) is 17.9 Å². The number of carboxylic acids is 3. The van der Waals surface area contributed by atoms with Gasteiger partial charge in [-0.1, -0.05) is 136 Å². The fourth-order valence-electron chi connectivity index (χ4n) is 3.68. The molecular formula is C30H57CrO6. The second-order valence-electron chi connectivity index (χ2n) is 9.73. The molecule has 0 aromatic carbocycles. The summed E-state index contributed by atoms with van der Waals surface area (Å²) in [4.78, 5) is 30.1. The van der Waals surface area contributed by atoms with E-state index in [-0.39, 0.29) is 36.6 Å². The molecule has 0 aliphatic heterocycles. The first-order chi connectivity index (χ1) is 17.3. The molecule has 0 aromatic rings. The normalized spacial score (nSPS) is 9.81. The van der Waals surface area contributed by atoms with Crippen LogP contribution in [0.5, 0.6) is 0 Å². The van der Waals surface area contributed by atoms with Crippen molar-refractivity contribution in [1.29, 1.82) is 0 Å². The number of rotatable bonds is 24. The zero-order valence-electron chi connectivity index (χ0n) is 24.3. The van der Waals surface area contributed by atoms with Crippen LogP contribution in [0.1, 0.15) is 175 Å². The topological polar surface area (TPSA) is 120 Å². The van der Waals surface area contributed by atoms with Gasteiger partial charge in [0.1, 0.15) is 0 Å². The Hall–Kier alpha value is -1.06. The Morgan fingerprint density at radius 2 is 0.514 bits per heavy atom. The third-order valence-electron chi connectivity index (χ3n) is 5.95. The minimum Gasteiger partial charge on any atom is -0.550 e. The van der Waals surface area contributed by atoms with Gasteiger partial charge in [0.25, 0.3) is 0 Å². The Morgan fingerprint density at radius 1 is 0.351 bits per heavy atom. The number of aliphatic carboxylic acids is 3. The molecule has 7 heteroatoms. The van der Waals surface area contributed by atoms with Crippen LogP contribution >= 0.6 is 0 Å². The van der Waals surface area contributed by atoms with E-state index in [4.69, 9.17) is 0 Å². The first-order valence-corrected chi connectivity index (χ1v) is 14.9. The standard InChI is InChI=1S/3C10H20O2.Cr/c3*1-2-3-4-5-6-7-8-9-10(11)12;/h3*2-9H2,1H3,(H,11,12);/q;;;+3/p-3. The maximum atomic E-state index is 10.0. The Balaban J connectivity index is -0.000000218. The second kappa shape index (κ2) is 39.5. The van der Waals surface area contributed by atoms with E-state index in [9.17, 15) is 29.7 Å². The number of carboxylic acid groups (broad SMARTS) is 3. The minimum atomic E-state index is -0.913. The molecule has 0 aliphatic carbocycles. The average Bonchev–Trinajstić information content (AvgIpc) is 2.83. The molecule has 1 radical (unpaired) electrons. The van der Waals surface area contributed by atoms with Crippen LogP contribution in [0.3, 0.4) is 0 Å². The number of hydrogen-bond donors (Lipinski definition) is 0. The van der Waals surface area contributed by atoms with E-state index >= 15 is 0 Å². The average molecular weight is 566 g/mol. The summed E-state index contributed by atoms with van der Waals surface area (Å²) >= 11 is 0. The van der Waals surface area contributed by atoms with Crippen LogP contribution in [0, 0.1) is 0 Å². The molecule has 0 spiro atoms. The van der Waals surface area contributed by atoms with E-state index < -0.39 is 17.9 Å². The summed E-state index contributed by atoms with van der Waals surface area (Å²) in [6.07, 6.45) is 25.0. The molecule has 0 N–H and O–H groups in total. The fourth-order valence-corrected chi connectivity index (χ4v) is 3.68. The van der Waals surface area contributed by atoms with Gasteiger partial charge in [0.15, 0.2) is 0 Å². The van der Waals surface area contributed by atoms with Crippen LogP contribution in [0.4, 0.5) is 0 Å². The van der Waals surface area contributed by atoms with Gasteiger partial charge in [0.2, 0.25) is 0 Å². The molecule has 0 heterocycles. The predicted octanol–water partition coefficient (Wildman–Crippen LogP) is 5.63. The van der Waals surface area contributed by atoms with Crippen molar-refractivity contribution in [2.45, 2.75) is 175 Å². The molecule has 6 nitrogen and oxygen atoms in total. The zero-order valence-corrected chi connectivity index (χ0v) is 25.6. The van der Waals surface area contributed by atoms with E-state index in [0.29, 0.717) is 0 Å². The minimum absolute atomic E-state index is 0. The van der Waals surface area contributed by atoms with E-state index in [0.717, 1.165) is 38.5 Å². The van der Waals surface area contributed by atoms with Crippen LogP contribution < -0.4 is 15.3 Å². The molecule has 0 saturated heterocycles. The van der Waals surface area contributed by atoms with Gasteiger partial charge in [-0.3, -0.25) is 0 Å². The van der Waals surface area contributed by atoms with Crippen LogP contribution in [-0.4, -0.2) is 17.9 Å². The van der Waals surface area contributed by atoms with Crippen molar-refractivity contribution in [2.75, 3.05) is 0 Å². The molecular weight excluding hydrogens is 508 g/mol. The molecule has 0 saturated carbocycles. The van der Waals surface area contributed by atoms with Gasteiger partial charge in [-0.15, -0.1) is 0 Å². The quantitative estimate of drug-likeness (QED) is 0.140. The number of hydrogen-bond acceptors (Lipinski definition) is 6. The number of carbonyl (C=O) groups excluding carboxylic acids is 3. The van der Waals surface area contributed by atoms with Crippen molar-refractivity contribution in [3.8, 4) is 0 Å². The van der Waals surface area contributed by atoms with Gasteiger partial charge < -0.3 is 29.7 Å². The van der Waals surface area contributed by atoms with Gasteiger partial charge in [-0.2, -0.15) is 0 Å². The van der Waals surface area contributed by atoms with E-state index in [1.54, 1.807) is 0 Å². The number of carbonyl (C=O) groups is 3. The van der Waals surface area contributed by atoms with Crippen LogP contribution in [0.25, 0.3) is 0 Å². The molecule has 0 atom stereocenters. The van der Waals surface area contributed by atoms with Crippen LogP contribution in [-0.2, 0) is 31.7 Å². The van der Waals surface area contributed by atoms with Gasteiger partial charge in [-0.25, -0.2) is 0 Å². The molecule has 0 aliphatic rings. The Labute approximate surface area is 239 Å². The van der Waals surface area contributed by atoms with Crippen molar-refractivity contribution >= 4 is 17.9 Å². The second-order valence-corrected chi connectivity index (χ2v) is 9.73. The smallest absolute Gasteiger partial charge is 0.550 e. The Kier molecular flexibility index (Phi) is 45.9. The van der Waals surface area contributed by atoms with E-state index in [1.807, 2.05) is 0 Å². The van der Waals surface area contributed by atoms with E-state index in [1.165, 1.54) is 96.3 Å². The summed E-state index contributed by atoms with van der Waals surface area (Å²) in [7, 11) is 0. The maximum Gasteiger partial charge on any atom is 3.00 e. The largest absolute Gasteiger partial charge is 3.00 e. The Morgan fingerprint density at radius 3 is 0.676 bits per heavy atom. The van der Waals surface area contributed by atoms with Gasteiger partial charge >= 0.3 is 17.4 Å². The molecule has 0 aromatic heterocycles. The molecule has 37 heavy (non-hydrogen) atoms. The summed E-state index contributed by atoms with van der Waals surface area (Å²) in [6, 6.07) is 0. The molecule has 0 rings (SSSR count).